The number of carboxylic acid groups (broad SMARTS) is 1. The number of carbonyl (C=O) groups is 1. The lowest BCUT2D eigenvalue weighted by atomic mass is 9.97. The van der Waals surface area contributed by atoms with Gasteiger partial charge in [-0.05, 0) is 57.0 Å². The fourth-order valence-electron chi connectivity index (χ4n) is 2.10. The molecule has 1 aromatic rings. The second-order valence-electron chi connectivity index (χ2n) is 5.39. The second kappa shape index (κ2) is 6.05. The summed E-state index contributed by atoms with van der Waals surface area (Å²) in [5.74, 6) is -0.832. The molecule has 1 aromatic heterocycles. The summed E-state index contributed by atoms with van der Waals surface area (Å²) in [4.78, 5) is 11.4. The fourth-order valence-corrected chi connectivity index (χ4v) is 2.38. The van der Waals surface area contributed by atoms with Crippen LogP contribution in [0.2, 0.25) is 0 Å². The number of nitrogens with one attached hydrogen (secondary N) is 1. The van der Waals surface area contributed by atoms with Crippen LogP contribution in [0.1, 0.15) is 38.6 Å². The second-order valence-corrected chi connectivity index (χ2v) is 6.19. The van der Waals surface area contributed by atoms with E-state index in [1.54, 1.807) is 6.92 Å². The van der Waals surface area contributed by atoms with E-state index in [1.807, 2.05) is 32.4 Å². The summed E-state index contributed by atoms with van der Waals surface area (Å²) in [6.07, 6.45) is 0.481. The van der Waals surface area contributed by atoms with Gasteiger partial charge in [0.15, 0.2) is 0 Å². The number of aliphatic carboxylic acids is 1. The van der Waals surface area contributed by atoms with Gasteiger partial charge in [-0.1, -0.05) is 0 Å². The van der Waals surface area contributed by atoms with Crippen LogP contribution in [0.4, 0.5) is 0 Å². The minimum absolute atomic E-state index is 0.119. The molecule has 0 amide bonds. The van der Waals surface area contributed by atoms with E-state index in [1.165, 1.54) is 0 Å². The summed E-state index contributed by atoms with van der Waals surface area (Å²) in [7, 11) is 0. The summed E-state index contributed by atoms with van der Waals surface area (Å²) in [6, 6.07) is 0.119. The summed E-state index contributed by atoms with van der Waals surface area (Å²) in [6.45, 7) is 10.1. The molecular formula is C13H22BrN3O2. The Balaban J connectivity index is 2.82. The highest BCUT2D eigenvalue weighted by atomic mass is 79.9. The number of hydrogen-bond acceptors (Lipinski definition) is 3. The standard InChI is InChI=1S/C13H22BrN3O2/c1-8(2)15-13(5,12(18)19)6-7-17-10(4)11(14)9(3)16-17/h8,15H,6-7H2,1-5H3,(H,18,19). The van der Waals surface area contributed by atoms with Crippen molar-refractivity contribution in [2.24, 2.45) is 0 Å². The lowest BCUT2D eigenvalue weighted by Gasteiger charge is -2.28. The molecule has 0 spiro atoms. The Labute approximate surface area is 122 Å². The van der Waals surface area contributed by atoms with E-state index in [9.17, 15) is 9.90 Å². The molecule has 1 rings (SSSR count). The molecular weight excluding hydrogens is 310 g/mol. The third kappa shape index (κ3) is 3.79. The zero-order chi connectivity index (χ0) is 14.8. The van der Waals surface area contributed by atoms with Gasteiger partial charge in [0.05, 0.1) is 10.2 Å². The van der Waals surface area contributed by atoms with Crippen LogP contribution in [-0.4, -0.2) is 32.4 Å². The minimum atomic E-state index is -0.938. The van der Waals surface area contributed by atoms with E-state index >= 15 is 0 Å². The summed E-state index contributed by atoms with van der Waals surface area (Å²) in [5.41, 5.74) is 1.01. The number of rotatable bonds is 6. The van der Waals surface area contributed by atoms with E-state index in [4.69, 9.17) is 0 Å². The van der Waals surface area contributed by atoms with Crippen LogP contribution in [0.3, 0.4) is 0 Å². The van der Waals surface area contributed by atoms with E-state index in [0.717, 1.165) is 15.9 Å². The molecule has 0 aromatic carbocycles. The summed E-state index contributed by atoms with van der Waals surface area (Å²) >= 11 is 3.47. The third-order valence-corrected chi connectivity index (χ3v) is 4.34. The van der Waals surface area contributed by atoms with Crippen molar-refractivity contribution in [3.05, 3.63) is 15.9 Å². The van der Waals surface area contributed by atoms with Crippen LogP contribution in [0, 0.1) is 13.8 Å². The van der Waals surface area contributed by atoms with Crippen molar-refractivity contribution in [1.29, 1.82) is 0 Å². The molecule has 1 heterocycles. The van der Waals surface area contributed by atoms with Crippen LogP contribution in [0.15, 0.2) is 4.47 Å². The van der Waals surface area contributed by atoms with Gasteiger partial charge in [0.25, 0.3) is 0 Å². The molecule has 108 valence electrons. The molecule has 0 saturated carbocycles. The maximum absolute atomic E-state index is 11.4. The van der Waals surface area contributed by atoms with Crippen LogP contribution < -0.4 is 5.32 Å². The van der Waals surface area contributed by atoms with Crippen molar-refractivity contribution in [3.8, 4) is 0 Å². The Bertz CT molecular complexity index is 471. The highest BCUT2D eigenvalue weighted by molar-refractivity contribution is 9.10. The van der Waals surface area contributed by atoms with Crippen LogP contribution in [-0.2, 0) is 11.3 Å². The normalized spacial score (nSPS) is 14.7. The molecule has 0 aliphatic carbocycles. The largest absolute Gasteiger partial charge is 0.480 e. The molecule has 0 fully saturated rings. The first-order valence-electron chi connectivity index (χ1n) is 6.38. The monoisotopic (exact) mass is 331 g/mol. The smallest absolute Gasteiger partial charge is 0.323 e. The number of carboxylic acids is 1. The minimum Gasteiger partial charge on any atom is -0.480 e. The van der Waals surface area contributed by atoms with Gasteiger partial charge in [0.1, 0.15) is 5.54 Å². The van der Waals surface area contributed by atoms with E-state index in [2.05, 4.69) is 26.3 Å². The maximum Gasteiger partial charge on any atom is 0.323 e. The van der Waals surface area contributed by atoms with Crippen molar-refractivity contribution >= 4 is 21.9 Å². The molecule has 0 aliphatic rings. The van der Waals surface area contributed by atoms with Gasteiger partial charge in [-0.3, -0.25) is 14.8 Å². The van der Waals surface area contributed by atoms with E-state index < -0.39 is 11.5 Å². The molecule has 0 saturated heterocycles. The van der Waals surface area contributed by atoms with E-state index in [-0.39, 0.29) is 6.04 Å². The Morgan fingerprint density at radius 3 is 2.47 bits per heavy atom. The van der Waals surface area contributed by atoms with Crippen LogP contribution >= 0.6 is 15.9 Å². The molecule has 19 heavy (non-hydrogen) atoms. The van der Waals surface area contributed by atoms with Crippen LogP contribution in [0.5, 0.6) is 0 Å². The van der Waals surface area contributed by atoms with E-state index in [0.29, 0.717) is 13.0 Å². The fraction of sp³-hybridized carbons (Fsp3) is 0.692. The third-order valence-electron chi connectivity index (χ3n) is 3.20. The predicted octanol–water partition coefficient (Wildman–Crippen LogP) is 2.49. The number of aromatic nitrogens is 2. The summed E-state index contributed by atoms with van der Waals surface area (Å²) < 4.78 is 2.84. The van der Waals surface area contributed by atoms with Gasteiger partial charge in [0, 0.05) is 18.3 Å². The first kappa shape index (κ1) is 16.2. The lowest BCUT2D eigenvalue weighted by Crippen LogP contribution is -2.52. The number of halogens is 1. The molecule has 5 nitrogen and oxygen atoms in total. The highest BCUT2D eigenvalue weighted by Gasteiger charge is 2.33. The van der Waals surface area contributed by atoms with Gasteiger partial charge >= 0.3 is 5.97 Å². The predicted molar refractivity (Wildman–Crippen MR) is 78.3 cm³/mol. The van der Waals surface area contributed by atoms with Crippen molar-refractivity contribution in [1.82, 2.24) is 15.1 Å². The molecule has 1 unspecified atom stereocenters. The molecule has 0 bridgehead atoms. The molecule has 2 N–H and O–H groups in total. The van der Waals surface area contributed by atoms with Gasteiger partial charge in [-0.15, -0.1) is 0 Å². The van der Waals surface area contributed by atoms with Crippen molar-refractivity contribution in [3.63, 3.8) is 0 Å². The van der Waals surface area contributed by atoms with Gasteiger partial charge in [-0.2, -0.15) is 5.10 Å². The SMILES string of the molecule is Cc1nn(CCC(C)(NC(C)C)C(=O)O)c(C)c1Br. The Kier molecular flexibility index (Phi) is 5.15. The number of hydrogen-bond donors (Lipinski definition) is 2. The van der Waals surface area contributed by atoms with Crippen molar-refractivity contribution < 1.29 is 9.90 Å². The molecule has 0 aliphatic heterocycles. The first-order chi connectivity index (χ1) is 8.67. The quantitative estimate of drug-likeness (QED) is 0.840. The Morgan fingerprint density at radius 1 is 1.53 bits per heavy atom. The van der Waals surface area contributed by atoms with Crippen molar-refractivity contribution in [2.75, 3.05) is 0 Å². The molecule has 6 heteroatoms. The Hall–Kier alpha value is -0.880. The number of nitrogens with zero attached hydrogens (tertiary/aromatic N) is 2. The lowest BCUT2D eigenvalue weighted by molar-refractivity contribution is -0.144. The Morgan fingerprint density at radius 2 is 2.11 bits per heavy atom. The summed E-state index contributed by atoms with van der Waals surface area (Å²) in [5, 5.41) is 16.9. The van der Waals surface area contributed by atoms with Gasteiger partial charge in [-0.25, -0.2) is 0 Å². The topological polar surface area (TPSA) is 67.2 Å². The van der Waals surface area contributed by atoms with Crippen molar-refractivity contribution in [2.45, 2.75) is 59.2 Å². The zero-order valence-electron chi connectivity index (χ0n) is 12.1. The van der Waals surface area contributed by atoms with Gasteiger partial charge in [0.2, 0.25) is 0 Å². The average molecular weight is 332 g/mol. The molecule has 1 atom stereocenters. The maximum atomic E-state index is 11.4. The molecule has 0 radical (unpaired) electrons. The van der Waals surface area contributed by atoms with Gasteiger partial charge < -0.3 is 5.11 Å². The zero-order valence-corrected chi connectivity index (χ0v) is 13.7. The average Bonchev–Trinajstić information content (AvgIpc) is 2.53. The van der Waals surface area contributed by atoms with Crippen LogP contribution in [0.25, 0.3) is 0 Å². The number of aryl methyl sites for hydroxylation is 2. The highest BCUT2D eigenvalue weighted by Crippen LogP contribution is 2.21. The first-order valence-corrected chi connectivity index (χ1v) is 7.17.